The second kappa shape index (κ2) is 7.10. The van der Waals surface area contributed by atoms with Crippen LogP contribution in [0.1, 0.15) is 30.9 Å². The number of hydrogen-bond acceptors (Lipinski definition) is 2. The van der Waals surface area contributed by atoms with E-state index < -0.39 is 0 Å². The van der Waals surface area contributed by atoms with E-state index in [9.17, 15) is 0 Å². The number of allylic oxidation sites excluding steroid dienone is 4. The summed E-state index contributed by atoms with van der Waals surface area (Å²) in [7, 11) is 0. The van der Waals surface area contributed by atoms with Crippen LogP contribution >= 0.6 is 0 Å². The summed E-state index contributed by atoms with van der Waals surface area (Å²) in [4.78, 5) is 5.35. The molecule has 28 heavy (non-hydrogen) atoms. The fourth-order valence-electron chi connectivity index (χ4n) is 5.28. The van der Waals surface area contributed by atoms with Crippen molar-refractivity contribution in [2.24, 2.45) is 0 Å². The van der Waals surface area contributed by atoms with Gasteiger partial charge in [-0.15, -0.1) is 0 Å². The Labute approximate surface area is 168 Å². The molecule has 0 aromatic heterocycles. The van der Waals surface area contributed by atoms with Crippen LogP contribution in [-0.4, -0.2) is 24.2 Å². The maximum Gasteiger partial charge on any atom is 0.0923 e. The van der Waals surface area contributed by atoms with E-state index in [1.165, 1.54) is 28.8 Å². The van der Waals surface area contributed by atoms with Gasteiger partial charge in [0, 0.05) is 30.7 Å². The van der Waals surface area contributed by atoms with E-state index in [1.807, 2.05) is 0 Å². The van der Waals surface area contributed by atoms with Crippen LogP contribution in [0, 0.1) is 0 Å². The van der Waals surface area contributed by atoms with E-state index in [0.717, 1.165) is 26.1 Å². The van der Waals surface area contributed by atoms with Gasteiger partial charge in [0.25, 0.3) is 0 Å². The molecule has 2 heteroatoms. The fraction of sp³-hybridized carbons (Fsp3) is 0.308. The Kier molecular flexibility index (Phi) is 4.44. The first kappa shape index (κ1) is 17.5. The average Bonchev–Trinajstić information content (AvgIpc) is 3.02. The van der Waals surface area contributed by atoms with Crippen molar-refractivity contribution >= 4 is 5.69 Å². The molecule has 2 atom stereocenters. The molecule has 2 aliphatic heterocycles. The number of rotatable bonds is 4. The average molecular weight is 369 g/mol. The highest BCUT2D eigenvalue weighted by Gasteiger charge is 2.53. The van der Waals surface area contributed by atoms with E-state index in [4.69, 9.17) is 0 Å². The Morgan fingerprint density at radius 2 is 1.79 bits per heavy atom. The van der Waals surface area contributed by atoms with Crippen molar-refractivity contribution in [2.45, 2.75) is 37.9 Å². The Morgan fingerprint density at radius 1 is 0.964 bits per heavy atom. The van der Waals surface area contributed by atoms with Gasteiger partial charge < -0.3 is 4.90 Å². The molecule has 5 rings (SSSR count). The Hall–Kier alpha value is -2.58. The molecule has 0 amide bonds. The first-order valence-corrected chi connectivity index (χ1v) is 10.4. The Balaban J connectivity index is 1.50. The van der Waals surface area contributed by atoms with Crippen molar-refractivity contribution in [3.8, 4) is 0 Å². The van der Waals surface area contributed by atoms with Crippen molar-refractivity contribution in [2.75, 3.05) is 18.0 Å². The standard InChI is InChI=1S/C26H28N2/c1-26-17-18-27(19-21-11-7-4-8-12-21)25(26)28(24-16-10-9-15-23(24)26)20-22-13-5-2-3-6-14-22/h2-5,7-16,25H,6,17-20H2,1H3. The van der Waals surface area contributed by atoms with Crippen LogP contribution in [0.2, 0.25) is 0 Å². The SMILES string of the molecule is CC12CCN(Cc3ccccc3)C1N(CC1=CCC=CC=C1)c1ccccc12. The molecule has 142 valence electrons. The number of benzene rings is 2. The topological polar surface area (TPSA) is 6.48 Å². The highest BCUT2D eigenvalue weighted by Crippen LogP contribution is 2.52. The molecule has 0 bridgehead atoms. The highest BCUT2D eigenvalue weighted by atomic mass is 15.4. The summed E-state index contributed by atoms with van der Waals surface area (Å²) in [5.74, 6) is 0. The summed E-state index contributed by atoms with van der Waals surface area (Å²) in [6.45, 7) is 5.61. The molecule has 0 saturated carbocycles. The summed E-state index contributed by atoms with van der Waals surface area (Å²) < 4.78 is 0. The van der Waals surface area contributed by atoms with Crippen molar-refractivity contribution in [3.05, 3.63) is 102 Å². The van der Waals surface area contributed by atoms with Gasteiger partial charge in [0.05, 0.1) is 6.17 Å². The number of hydrogen-bond donors (Lipinski definition) is 0. The zero-order valence-electron chi connectivity index (χ0n) is 16.6. The largest absolute Gasteiger partial charge is 0.350 e. The van der Waals surface area contributed by atoms with Crippen LogP contribution in [0.5, 0.6) is 0 Å². The molecule has 2 aromatic rings. The number of anilines is 1. The molecule has 1 saturated heterocycles. The van der Waals surface area contributed by atoms with Gasteiger partial charge in [0.15, 0.2) is 0 Å². The zero-order chi connectivity index (χ0) is 19.0. The number of nitrogens with zero attached hydrogens (tertiary/aromatic N) is 2. The summed E-state index contributed by atoms with van der Waals surface area (Å²) in [6, 6.07) is 20.0. The summed E-state index contributed by atoms with van der Waals surface area (Å²) in [6.07, 6.45) is 13.9. The van der Waals surface area contributed by atoms with E-state index in [2.05, 4.69) is 102 Å². The minimum Gasteiger partial charge on any atom is -0.350 e. The normalized spacial score (nSPS) is 26.1. The number of likely N-dealkylation sites (tertiary alicyclic amines) is 1. The predicted molar refractivity (Wildman–Crippen MR) is 117 cm³/mol. The van der Waals surface area contributed by atoms with Crippen LogP contribution in [0.3, 0.4) is 0 Å². The van der Waals surface area contributed by atoms with Gasteiger partial charge in [-0.05, 0) is 35.6 Å². The van der Waals surface area contributed by atoms with E-state index in [0.29, 0.717) is 6.17 Å². The van der Waals surface area contributed by atoms with Crippen LogP contribution in [0.15, 0.2) is 90.6 Å². The molecule has 0 spiro atoms. The summed E-state index contributed by atoms with van der Waals surface area (Å²) in [5, 5.41) is 0. The minimum atomic E-state index is 0.193. The number of fused-ring (bicyclic) bond motifs is 3. The van der Waals surface area contributed by atoms with Crippen LogP contribution in [0.4, 0.5) is 5.69 Å². The maximum absolute atomic E-state index is 2.69. The van der Waals surface area contributed by atoms with E-state index in [-0.39, 0.29) is 5.41 Å². The predicted octanol–water partition coefficient (Wildman–Crippen LogP) is 5.44. The third kappa shape index (κ3) is 2.93. The van der Waals surface area contributed by atoms with Crippen molar-refractivity contribution in [1.29, 1.82) is 0 Å². The molecule has 3 aliphatic rings. The lowest BCUT2D eigenvalue weighted by Crippen LogP contribution is -2.49. The lowest BCUT2D eigenvalue weighted by atomic mass is 9.81. The first-order valence-electron chi connectivity index (χ1n) is 10.4. The molecule has 2 aromatic carbocycles. The third-order valence-electron chi connectivity index (χ3n) is 6.61. The Bertz CT molecular complexity index is 940. The summed E-state index contributed by atoms with van der Waals surface area (Å²) >= 11 is 0. The van der Waals surface area contributed by atoms with Crippen LogP contribution < -0.4 is 4.90 Å². The van der Waals surface area contributed by atoms with E-state index >= 15 is 0 Å². The first-order chi connectivity index (χ1) is 13.8. The second-order valence-electron chi connectivity index (χ2n) is 8.44. The maximum atomic E-state index is 2.69. The number of para-hydroxylation sites is 1. The minimum absolute atomic E-state index is 0.193. The van der Waals surface area contributed by atoms with Gasteiger partial charge in [-0.2, -0.15) is 0 Å². The lowest BCUT2D eigenvalue weighted by molar-refractivity contribution is 0.212. The van der Waals surface area contributed by atoms with Gasteiger partial charge in [-0.1, -0.05) is 85.8 Å². The third-order valence-corrected chi connectivity index (χ3v) is 6.61. The fourth-order valence-corrected chi connectivity index (χ4v) is 5.28. The van der Waals surface area contributed by atoms with Gasteiger partial charge >= 0.3 is 0 Å². The molecule has 1 fully saturated rings. The monoisotopic (exact) mass is 368 g/mol. The summed E-state index contributed by atoms with van der Waals surface area (Å²) in [5.41, 5.74) is 5.95. The van der Waals surface area contributed by atoms with Crippen molar-refractivity contribution in [3.63, 3.8) is 0 Å². The Morgan fingerprint density at radius 3 is 2.68 bits per heavy atom. The molecular formula is C26H28N2. The molecule has 2 heterocycles. The zero-order valence-corrected chi connectivity index (χ0v) is 16.6. The van der Waals surface area contributed by atoms with E-state index in [1.54, 1.807) is 0 Å². The molecule has 1 aliphatic carbocycles. The second-order valence-corrected chi connectivity index (χ2v) is 8.44. The molecular weight excluding hydrogens is 340 g/mol. The van der Waals surface area contributed by atoms with Gasteiger partial charge in [0.2, 0.25) is 0 Å². The molecule has 0 N–H and O–H groups in total. The molecule has 2 nitrogen and oxygen atoms in total. The smallest absolute Gasteiger partial charge is 0.0923 e. The van der Waals surface area contributed by atoms with Crippen LogP contribution in [0.25, 0.3) is 0 Å². The lowest BCUT2D eigenvalue weighted by Gasteiger charge is -2.37. The van der Waals surface area contributed by atoms with Gasteiger partial charge in [-0.3, -0.25) is 4.90 Å². The van der Waals surface area contributed by atoms with Gasteiger partial charge in [0.1, 0.15) is 0 Å². The van der Waals surface area contributed by atoms with Gasteiger partial charge in [-0.25, -0.2) is 0 Å². The highest BCUT2D eigenvalue weighted by molar-refractivity contribution is 5.66. The molecule has 2 unspecified atom stereocenters. The quantitative estimate of drug-likeness (QED) is 0.709. The van der Waals surface area contributed by atoms with Crippen molar-refractivity contribution in [1.82, 2.24) is 4.90 Å². The van der Waals surface area contributed by atoms with Crippen molar-refractivity contribution < 1.29 is 0 Å². The van der Waals surface area contributed by atoms with Crippen LogP contribution in [-0.2, 0) is 12.0 Å². The molecule has 0 radical (unpaired) electrons.